The highest BCUT2D eigenvalue weighted by Gasteiger charge is 2.25. The van der Waals surface area contributed by atoms with Gasteiger partial charge >= 0.3 is 0 Å². The fourth-order valence-electron chi connectivity index (χ4n) is 3.01. The summed E-state index contributed by atoms with van der Waals surface area (Å²) in [5.74, 6) is 0.351. The van der Waals surface area contributed by atoms with Crippen LogP contribution in [0.3, 0.4) is 0 Å². The van der Waals surface area contributed by atoms with Crippen LogP contribution in [0.1, 0.15) is 13.8 Å². The Hall–Kier alpha value is -1.75. The number of morpholine rings is 1. The summed E-state index contributed by atoms with van der Waals surface area (Å²) in [7, 11) is -2.47. The highest BCUT2D eigenvalue weighted by Crippen LogP contribution is 2.28. The van der Waals surface area contributed by atoms with Crippen LogP contribution in [0.2, 0.25) is 0 Å². The lowest BCUT2D eigenvalue weighted by molar-refractivity contribution is -0.384. The molecule has 0 bridgehead atoms. The molecule has 1 atom stereocenters. The lowest BCUT2D eigenvalue weighted by Gasteiger charge is -2.37. The van der Waals surface area contributed by atoms with Crippen molar-refractivity contribution in [3.63, 3.8) is 0 Å². The van der Waals surface area contributed by atoms with Crippen LogP contribution in [-0.2, 0) is 14.8 Å². The van der Waals surface area contributed by atoms with Gasteiger partial charge in [-0.25, -0.2) is 13.1 Å². The largest absolute Gasteiger partial charge is 0.379 e. The average molecular weight is 386 g/mol. The van der Waals surface area contributed by atoms with Crippen LogP contribution < -0.4 is 10.0 Å². The SMILES string of the molecule is CNS(=O)(=O)c1ccc(NCC(C(C)C)N2CCOCC2)c([N+](=O)[O-])c1. The van der Waals surface area contributed by atoms with E-state index < -0.39 is 14.9 Å². The van der Waals surface area contributed by atoms with Gasteiger partial charge in [0.25, 0.3) is 5.69 Å². The van der Waals surface area contributed by atoms with Crippen molar-refractivity contribution < 1.29 is 18.1 Å². The molecule has 10 heteroatoms. The maximum atomic E-state index is 11.9. The molecule has 1 fully saturated rings. The van der Waals surface area contributed by atoms with Crippen molar-refractivity contribution in [1.82, 2.24) is 9.62 Å². The highest BCUT2D eigenvalue weighted by molar-refractivity contribution is 7.89. The van der Waals surface area contributed by atoms with Gasteiger partial charge in [-0.1, -0.05) is 13.8 Å². The first kappa shape index (κ1) is 20.6. The van der Waals surface area contributed by atoms with Crippen LogP contribution in [0, 0.1) is 16.0 Å². The van der Waals surface area contributed by atoms with E-state index in [2.05, 4.69) is 28.8 Å². The molecule has 1 saturated heterocycles. The van der Waals surface area contributed by atoms with E-state index in [0.717, 1.165) is 19.2 Å². The maximum absolute atomic E-state index is 11.9. The number of benzene rings is 1. The van der Waals surface area contributed by atoms with Crippen molar-refractivity contribution in [2.24, 2.45) is 5.92 Å². The summed E-state index contributed by atoms with van der Waals surface area (Å²) < 4.78 is 31.3. The lowest BCUT2D eigenvalue weighted by atomic mass is 10.0. The van der Waals surface area contributed by atoms with E-state index in [9.17, 15) is 18.5 Å². The Morgan fingerprint density at radius 3 is 2.50 bits per heavy atom. The molecular weight excluding hydrogens is 360 g/mol. The Balaban J connectivity index is 2.20. The molecule has 0 spiro atoms. The van der Waals surface area contributed by atoms with Gasteiger partial charge in [0.15, 0.2) is 0 Å². The topological polar surface area (TPSA) is 114 Å². The molecule has 0 saturated carbocycles. The number of nitro benzene ring substituents is 1. The highest BCUT2D eigenvalue weighted by atomic mass is 32.2. The summed E-state index contributed by atoms with van der Waals surface area (Å²) in [6.45, 7) is 7.76. The standard InChI is InChI=1S/C16H26N4O5S/c1-12(2)16(19-6-8-25-9-7-19)11-18-14-5-4-13(26(23,24)17-3)10-15(14)20(21)22/h4-5,10,12,16-18H,6-9,11H2,1-3H3. The van der Waals surface area contributed by atoms with Gasteiger partial charge in [0.1, 0.15) is 5.69 Å². The van der Waals surface area contributed by atoms with E-state index in [1.165, 1.54) is 19.2 Å². The Morgan fingerprint density at radius 1 is 1.31 bits per heavy atom. The van der Waals surface area contributed by atoms with E-state index in [0.29, 0.717) is 31.4 Å². The number of hydrogen-bond donors (Lipinski definition) is 2. The zero-order chi connectivity index (χ0) is 19.3. The minimum absolute atomic E-state index is 0.133. The third kappa shape index (κ3) is 4.91. The predicted octanol–water partition coefficient (Wildman–Crippen LogP) is 1.27. The second kappa shape index (κ2) is 8.76. The second-order valence-corrected chi connectivity index (χ2v) is 8.37. The molecule has 9 nitrogen and oxygen atoms in total. The molecule has 0 amide bonds. The predicted molar refractivity (Wildman–Crippen MR) is 98.8 cm³/mol. The van der Waals surface area contributed by atoms with E-state index in [1.807, 2.05) is 0 Å². The van der Waals surface area contributed by atoms with Gasteiger partial charge in [-0.2, -0.15) is 0 Å². The average Bonchev–Trinajstić information content (AvgIpc) is 2.62. The monoisotopic (exact) mass is 386 g/mol. The number of hydrogen-bond acceptors (Lipinski definition) is 7. The Morgan fingerprint density at radius 2 is 1.96 bits per heavy atom. The Labute approximate surface area is 153 Å². The summed E-state index contributed by atoms with van der Waals surface area (Å²) in [5.41, 5.74) is 0.0507. The second-order valence-electron chi connectivity index (χ2n) is 6.48. The number of sulfonamides is 1. The molecule has 1 heterocycles. The molecule has 146 valence electrons. The van der Waals surface area contributed by atoms with Crippen LogP contribution in [-0.4, -0.2) is 64.2 Å². The number of nitrogens with one attached hydrogen (secondary N) is 2. The zero-order valence-electron chi connectivity index (χ0n) is 15.3. The van der Waals surface area contributed by atoms with Crippen molar-refractivity contribution in [1.29, 1.82) is 0 Å². The molecule has 1 aromatic carbocycles. The van der Waals surface area contributed by atoms with Gasteiger partial charge in [0.2, 0.25) is 10.0 Å². The molecular formula is C16H26N4O5S. The first-order valence-corrected chi connectivity index (χ1v) is 10.0. The molecule has 1 unspecified atom stereocenters. The maximum Gasteiger partial charge on any atom is 0.293 e. The van der Waals surface area contributed by atoms with E-state index in [1.54, 1.807) is 0 Å². The molecule has 1 aliphatic heterocycles. The fourth-order valence-corrected chi connectivity index (χ4v) is 3.76. The summed E-state index contributed by atoms with van der Waals surface area (Å²) in [5, 5.41) is 14.5. The van der Waals surface area contributed by atoms with Crippen molar-refractivity contribution in [3.8, 4) is 0 Å². The minimum Gasteiger partial charge on any atom is -0.379 e. The van der Waals surface area contributed by atoms with Crippen molar-refractivity contribution in [2.45, 2.75) is 24.8 Å². The molecule has 0 aliphatic carbocycles. The summed E-state index contributed by atoms with van der Waals surface area (Å²) in [6.07, 6.45) is 0. The van der Waals surface area contributed by atoms with Crippen molar-refractivity contribution in [2.75, 3.05) is 45.2 Å². The van der Waals surface area contributed by atoms with E-state index in [-0.39, 0.29) is 16.6 Å². The third-order valence-corrected chi connectivity index (χ3v) is 5.94. The van der Waals surface area contributed by atoms with Crippen LogP contribution in [0.25, 0.3) is 0 Å². The quantitative estimate of drug-likeness (QED) is 0.511. The molecule has 1 aliphatic rings. The number of nitrogens with zero attached hydrogens (tertiary/aromatic N) is 2. The van der Waals surface area contributed by atoms with Crippen LogP contribution in [0.4, 0.5) is 11.4 Å². The number of anilines is 1. The molecule has 0 radical (unpaired) electrons. The van der Waals surface area contributed by atoms with Gasteiger partial charge in [-0.05, 0) is 25.1 Å². The van der Waals surface area contributed by atoms with Gasteiger partial charge in [-0.15, -0.1) is 0 Å². The Kier molecular flexibility index (Phi) is 6.93. The van der Waals surface area contributed by atoms with E-state index in [4.69, 9.17) is 4.74 Å². The van der Waals surface area contributed by atoms with Crippen LogP contribution in [0.5, 0.6) is 0 Å². The summed E-state index contributed by atoms with van der Waals surface area (Å²) >= 11 is 0. The number of nitro groups is 1. The number of rotatable bonds is 8. The van der Waals surface area contributed by atoms with Crippen LogP contribution >= 0.6 is 0 Å². The van der Waals surface area contributed by atoms with Crippen molar-refractivity contribution >= 4 is 21.4 Å². The summed E-state index contributed by atoms with van der Waals surface area (Å²) in [6, 6.07) is 4.08. The van der Waals surface area contributed by atoms with Gasteiger partial charge in [-0.3, -0.25) is 15.0 Å². The van der Waals surface area contributed by atoms with Gasteiger partial charge in [0.05, 0.1) is 23.0 Å². The van der Waals surface area contributed by atoms with Crippen LogP contribution in [0.15, 0.2) is 23.1 Å². The molecule has 2 N–H and O–H groups in total. The zero-order valence-corrected chi connectivity index (χ0v) is 16.1. The first-order chi connectivity index (χ1) is 12.3. The molecule has 0 aromatic heterocycles. The summed E-state index contributed by atoms with van der Waals surface area (Å²) in [4.78, 5) is 13.0. The lowest BCUT2D eigenvalue weighted by Crippen LogP contribution is -2.49. The molecule has 26 heavy (non-hydrogen) atoms. The molecule has 2 rings (SSSR count). The Bertz CT molecular complexity index is 732. The van der Waals surface area contributed by atoms with Gasteiger partial charge < -0.3 is 10.1 Å². The first-order valence-electron chi connectivity index (χ1n) is 8.54. The third-order valence-electron chi connectivity index (χ3n) is 4.53. The molecule has 1 aromatic rings. The minimum atomic E-state index is -3.74. The van der Waals surface area contributed by atoms with E-state index >= 15 is 0 Å². The number of ether oxygens (including phenoxy) is 1. The van der Waals surface area contributed by atoms with Gasteiger partial charge in [0, 0.05) is 31.7 Å². The fraction of sp³-hybridized carbons (Fsp3) is 0.625. The normalized spacial score (nSPS) is 17.2. The smallest absolute Gasteiger partial charge is 0.293 e. The van der Waals surface area contributed by atoms with Crippen molar-refractivity contribution in [3.05, 3.63) is 28.3 Å².